The molecule has 90 valence electrons. The van der Waals surface area contributed by atoms with E-state index >= 15 is 0 Å². The van der Waals surface area contributed by atoms with Gasteiger partial charge >= 0.3 is 0 Å². The van der Waals surface area contributed by atoms with Gasteiger partial charge in [0.05, 0.1) is 16.8 Å². The number of nitrogens with zero attached hydrogens (tertiary/aromatic N) is 1. The number of benzene rings is 1. The van der Waals surface area contributed by atoms with Crippen LogP contribution in [0.15, 0.2) is 28.7 Å². The number of halogens is 1. The quantitative estimate of drug-likeness (QED) is 0.935. The first-order valence-electron chi connectivity index (χ1n) is 5.43. The molecule has 1 aromatic carbocycles. The number of aliphatic hydroxyl groups is 1. The third-order valence-corrected chi connectivity index (χ3v) is 4.52. The first kappa shape index (κ1) is 12.7. The molecule has 2 rings (SSSR count). The zero-order valence-electron chi connectivity index (χ0n) is 9.77. The van der Waals surface area contributed by atoms with Gasteiger partial charge in [0.1, 0.15) is 0 Å². The summed E-state index contributed by atoms with van der Waals surface area (Å²) in [4.78, 5) is 5.67. The highest BCUT2D eigenvalue weighted by Gasteiger charge is 2.14. The van der Waals surface area contributed by atoms with Gasteiger partial charge in [-0.05, 0) is 25.5 Å². The predicted octanol–water partition coefficient (Wildman–Crippen LogP) is 3.80. The molecule has 0 radical (unpaired) electrons. The van der Waals surface area contributed by atoms with E-state index in [2.05, 4.69) is 27.8 Å². The molecule has 0 aliphatic rings. The van der Waals surface area contributed by atoms with Crippen molar-refractivity contribution in [1.82, 2.24) is 4.98 Å². The largest absolute Gasteiger partial charge is 0.388 e. The standard InChI is InChI=1S/C13H14BrNOS/c1-8-9(2)17-13(15-8)7-12(16)10-5-3-4-6-11(10)14/h3-6,12,16H,7H2,1-2H3. The van der Waals surface area contributed by atoms with Crippen LogP contribution in [0.1, 0.15) is 27.2 Å². The van der Waals surface area contributed by atoms with Crippen molar-refractivity contribution in [2.75, 3.05) is 0 Å². The van der Waals surface area contributed by atoms with Crippen molar-refractivity contribution in [1.29, 1.82) is 0 Å². The van der Waals surface area contributed by atoms with Crippen LogP contribution in [0.3, 0.4) is 0 Å². The van der Waals surface area contributed by atoms with Crippen LogP contribution in [0.4, 0.5) is 0 Å². The zero-order chi connectivity index (χ0) is 12.4. The Balaban J connectivity index is 2.17. The molecule has 0 saturated heterocycles. The van der Waals surface area contributed by atoms with E-state index in [1.165, 1.54) is 4.88 Å². The molecule has 2 nitrogen and oxygen atoms in total. The van der Waals surface area contributed by atoms with Gasteiger partial charge in [0.15, 0.2) is 0 Å². The number of rotatable bonds is 3. The Morgan fingerprint density at radius 3 is 2.65 bits per heavy atom. The second-order valence-corrected chi connectivity index (χ2v) is 6.13. The minimum Gasteiger partial charge on any atom is -0.388 e. The Kier molecular flexibility index (Phi) is 3.97. The van der Waals surface area contributed by atoms with Gasteiger partial charge < -0.3 is 5.11 Å². The Labute approximate surface area is 113 Å². The van der Waals surface area contributed by atoms with E-state index in [0.29, 0.717) is 6.42 Å². The van der Waals surface area contributed by atoms with Crippen molar-refractivity contribution in [3.63, 3.8) is 0 Å². The molecule has 0 spiro atoms. The van der Waals surface area contributed by atoms with Crippen LogP contribution in [0, 0.1) is 13.8 Å². The number of hydrogen-bond acceptors (Lipinski definition) is 3. The van der Waals surface area contributed by atoms with E-state index in [4.69, 9.17) is 0 Å². The highest BCUT2D eigenvalue weighted by molar-refractivity contribution is 9.10. The maximum atomic E-state index is 10.2. The maximum absolute atomic E-state index is 10.2. The zero-order valence-corrected chi connectivity index (χ0v) is 12.2. The number of aryl methyl sites for hydroxylation is 2. The summed E-state index contributed by atoms with van der Waals surface area (Å²) < 4.78 is 0.942. The molecule has 0 bridgehead atoms. The molecule has 0 fully saturated rings. The molecular weight excluding hydrogens is 298 g/mol. The van der Waals surface area contributed by atoms with Crippen molar-refractivity contribution < 1.29 is 5.11 Å². The average molecular weight is 312 g/mol. The molecule has 1 unspecified atom stereocenters. The summed E-state index contributed by atoms with van der Waals surface area (Å²) in [7, 11) is 0. The maximum Gasteiger partial charge on any atom is 0.0960 e. The Hall–Kier alpha value is -0.710. The molecule has 0 aliphatic heterocycles. The fourth-order valence-electron chi connectivity index (χ4n) is 1.65. The van der Waals surface area contributed by atoms with Crippen LogP contribution in [0.25, 0.3) is 0 Å². The lowest BCUT2D eigenvalue weighted by atomic mass is 10.1. The molecule has 0 amide bonds. The van der Waals surface area contributed by atoms with E-state index in [9.17, 15) is 5.11 Å². The van der Waals surface area contributed by atoms with Gasteiger partial charge in [-0.15, -0.1) is 11.3 Å². The minimum absolute atomic E-state index is 0.504. The van der Waals surface area contributed by atoms with Crippen LogP contribution < -0.4 is 0 Å². The molecule has 4 heteroatoms. The first-order valence-corrected chi connectivity index (χ1v) is 7.04. The van der Waals surface area contributed by atoms with E-state index < -0.39 is 6.10 Å². The van der Waals surface area contributed by atoms with Crippen molar-refractivity contribution in [3.8, 4) is 0 Å². The van der Waals surface area contributed by atoms with Gasteiger partial charge in [0.25, 0.3) is 0 Å². The van der Waals surface area contributed by atoms with Crippen molar-refractivity contribution in [3.05, 3.63) is 49.9 Å². The average Bonchev–Trinajstić information content (AvgIpc) is 2.58. The summed E-state index contributed by atoms with van der Waals surface area (Å²) in [6.07, 6.45) is 0.0672. The summed E-state index contributed by atoms with van der Waals surface area (Å²) in [5.41, 5.74) is 1.97. The lowest BCUT2D eigenvalue weighted by molar-refractivity contribution is 0.177. The van der Waals surface area contributed by atoms with Gasteiger partial charge in [0.2, 0.25) is 0 Å². The molecule has 1 aromatic heterocycles. The minimum atomic E-state index is -0.504. The first-order chi connectivity index (χ1) is 8.08. The van der Waals surface area contributed by atoms with Crippen LogP contribution in [-0.2, 0) is 6.42 Å². The smallest absolute Gasteiger partial charge is 0.0960 e. The SMILES string of the molecule is Cc1nc(CC(O)c2ccccc2Br)sc1C. The molecule has 0 aliphatic carbocycles. The Bertz CT molecular complexity index is 504. The van der Waals surface area contributed by atoms with E-state index in [0.717, 1.165) is 20.7 Å². The number of aliphatic hydroxyl groups excluding tert-OH is 1. The molecule has 0 saturated carbocycles. The molecule has 1 N–H and O–H groups in total. The molecule has 17 heavy (non-hydrogen) atoms. The molecule has 1 atom stereocenters. The van der Waals surface area contributed by atoms with Crippen molar-refractivity contribution in [2.45, 2.75) is 26.4 Å². The molecule has 2 aromatic rings. The summed E-state index contributed by atoms with van der Waals surface area (Å²) >= 11 is 5.11. The monoisotopic (exact) mass is 311 g/mol. The lowest BCUT2D eigenvalue weighted by Gasteiger charge is -2.10. The fraction of sp³-hybridized carbons (Fsp3) is 0.308. The summed E-state index contributed by atoms with van der Waals surface area (Å²) in [5, 5.41) is 11.2. The number of thiazole rings is 1. The molecule has 1 heterocycles. The van der Waals surface area contributed by atoms with Crippen molar-refractivity contribution >= 4 is 27.3 Å². The van der Waals surface area contributed by atoms with Gasteiger partial charge in [-0.1, -0.05) is 34.1 Å². The topological polar surface area (TPSA) is 33.1 Å². The van der Waals surface area contributed by atoms with Crippen LogP contribution in [0.2, 0.25) is 0 Å². The summed E-state index contributed by atoms with van der Waals surface area (Å²) in [6.45, 7) is 4.06. The Morgan fingerprint density at radius 1 is 1.35 bits per heavy atom. The normalized spacial score (nSPS) is 12.7. The highest BCUT2D eigenvalue weighted by Crippen LogP contribution is 2.27. The third-order valence-electron chi connectivity index (χ3n) is 2.71. The summed E-state index contributed by atoms with van der Waals surface area (Å²) in [5.74, 6) is 0. The van der Waals surface area contributed by atoms with Crippen LogP contribution in [0.5, 0.6) is 0 Å². The second-order valence-electron chi connectivity index (χ2n) is 3.99. The van der Waals surface area contributed by atoms with Gasteiger partial charge in [0, 0.05) is 15.8 Å². The number of hydrogen-bond donors (Lipinski definition) is 1. The Morgan fingerprint density at radius 2 is 2.06 bits per heavy atom. The third kappa shape index (κ3) is 2.94. The lowest BCUT2D eigenvalue weighted by Crippen LogP contribution is -2.02. The highest BCUT2D eigenvalue weighted by atomic mass is 79.9. The van der Waals surface area contributed by atoms with Crippen molar-refractivity contribution in [2.24, 2.45) is 0 Å². The van der Waals surface area contributed by atoms with Crippen LogP contribution >= 0.6 is 27.3 Å². The van der Waals surface area contributed by atoms with E-state index in [1.807, 2.05) is 31.2 Å². The van der Waals surface area contributed by atoms with Crippen LogP contribution in [-0.4, -0.2) is 10.1 Å². The predicted molar refractivity (Wildman–Crippen MR) is 74.4 cm³/mol. The summed E-state index contributed by atoms with van der Waals surface area (Å²) in [6, 6.07) is 7.75. The van der Waals surface area contributed by atoms with Gasteiger partial charge in [-0.3, -0.25) is 0 Å². The fourth-order valence-corrected chi connectivity index (χ4v) is 3.17. The molecular formula is C13H14BrNOS. The second kappa shape index (κ2) is 5.29. The van der Waals surface area contributed by atoms with E-state index in [1.54, 1.807) is 11.3 Å². The van der Waals surface area contributed by atoms with E-state index in [-0.39, 0.29) is 0 Å². The van der Waals surface area contributed by atoms with Gasteiger partial charge in [-0.2, -0.15) is 0 Å². The number of aromatic nitrogens is 1. The van der Waals surface area contributed by atoms with Gasteiger partial charge in [-0.25, -0.2) is 4.98 Å².